The molecule has 2 N–H and O–H groups in total. The van der Waals surface area contributed by atoms with Crippen molar-refractivity contribution in [2.45, 2.75) is 19.9 Å². The number of aryl methyl sites for hydroxylation is 1. The quantitative estimate of drug-likeness (QED) is 0.894. The van der Waals surface area contributed by atoms with Crippen LogP contribution in [0.1, 0.15) is 26.5 Å². The van der Waals surface area contributed by atoms with Crippen molar-refractivity contribution >= 4 is 22.9 Å². The summed E-state index contributed by atoms with van der Waals surface area (Å²) >= 11 is 1.26. The second-order valence-electron chi connectivity index (χ2n) is 4.71. The van der Waals surface area contributed by atoms with Gasteiger partial charge in [-0.05, 0) is 37.1 Å². The van der Waals surface area contributed by atoms with E-state index in [9.17, 15) is 9.18 Å². The van der Waals surface area contributed by atoms with Crippen molar-refractivity contribution in [2.24, 2.45) is 0 Å². The number of fused-ring (bicyclic) bond motifs is 1. The molecule has 0 radical (unpaired) electrons. The molecule has 0 saturated heterocycles. The molecule has 0 unspecified atom stereocenters. The number of amides is 1. The van der Waals surface area contributed by atoms with Gasteiger partial charge in [-0.2, -0.15) is 0 Å². The number of rotatable bonds is 2. The van der Waals surface area contributed by atoms with Gasteiger partial charge in [-0.3, -0.25) is 4.79 Å². The van der Waals surface area contributed by atoms with Crippen molar-refractivity contribution in [1.82, 2.24) is 10.3 Å². The number of halogens is 1. The molecule has 0 atom stereocenters. The Labute approximate surface area is 120 Å². The average molecular weight is 291 g/mol. The number of benzene rings is 1. The SMILES string of the molecule is Cc1ncsc1C(=O)Nc1ccc2c(c1F)CCNC2. The molecular formula is C14H14FN3OS. The minimum absolute atomic E-state index is 0.239. The lowest BCUT2D eigenvalue weighted by Crippen LogP contribution is -2.25. The zero-order chi connectivity index (χ0) is 14.1. The van der Waals surface area contributed by atoms with E-state index in [0.29, 0.717) is 29.1 Å². The van der Waals surface area contributed by atoms with Gasteiger partial charge >= 0.3 is 0 Å². The van der Waals surface area contributed by atoms with Crippen LogP contribution in [-0.2, 0) is 13.0 Å². The number of aromatic nitrogens is 1. The van der Waals surface area contributed by atoms with Crippen molar-refractivity contribution < 1.29 is 9.18 Å². The summed E-state index contributed by atoms with van der Waals surface area (Å²) in [7, 11) is 0. The van der Waals surface area contributed by atoms with Crippen LogP contribution >= 0.6 is 11.3 Å². The van der Waals surface area contributed by atoms with Crippen LogP contribution in [0.25, 0.3) is 0 Å². The van der Waals surface area contributed by atoms with Gasteiger partial charge in [0.05, 0.1) is 16.9 Å². The van der Waals surface area contributed by atoms with Gasteiger partial charge in [0.15, 0.2) is 0 Å². The van der Waals surface area contributed by atoms with Gasteiger partial charge in [0, 0.05) is 6.54 Å². The zero-order valence-electron chi connectivity index (χ0n) is 11.0. The van der Waals surface area contributed by atoms with Crippen LogP contribution < -0.4 is 10.6 Å². The minimum atomic E-state index is -0.320. The Kier molecular flexibility index (Phi) is 3.50. The first-order chi connectivity index (χ1) is 9.66. The standard InChI is InChI=1S/C14H14FN3OS/c1-8-13(20-7-17-8)14(19)18-11-3-2-9-6-16-5-4-10(9)12(11)15/h2-3,7,16H,4-6H2,1H3,(H,18,19). The number of thiazole rings is 1. The third-order valence-corrected chi connectivity index (χ3v) is 4.33. The average Bonchev–Trinajstić information content (AvgIpc) is 2.88. The molecule has 0 bridgehead atoms. The lowest BCUT2D eigenvalue weighted by atomic mass is 9.99. The van der Waals surface area contributed by atoms with Crippen LogP contribution in [0.3, 0.4) is 0 Å². The molecule has 6 heteroatoms. The number of hydrogen-bond acceptors (Lipinski definition) is 4. The van der Waals surface area contributed by atoms with Gasteiger partial charge in [0.1, 0.15) is 10.7 Å². The third-order valence-electron chi connectivity index (χ3n) is 3.41. The van der Waals surface area contributed by atoms with Crippen molar-refractivity contribution in [3.05, 3.63) is 45.2 Å². The molecule has 2 aromatic rings. The van der Waals surface area contributed by atoms with Gasteiger partial charge in [-0.1, -0.05) is 6.07 Å². The molecule has 4 nitrogen and oxygen atoms in total. The van der Waals surface area contributed by atoms with Gasteiger partial charge in [0.2, 0.25) is 0 Å². The van der Waals surface area contributed by atoms with E-state index < -0.39 is 0 Å². The second kappa shape index (κ2) is 5.30. The lowest BCUT2D eigenvalue weighted by molar-refractivity contribution is 0.102. The highest BCUT2D eigenvalue weighted by Crippen LogP contribution is 2.25. The number of nitrogens with one attached hydrogen (secondary N) is 2. The number of carbonyl (C=O) groups is 1. The molecule has 3 rings (SSSR count). The second-order valence-corrected chi connectivity index (χ2v) is 5.57. The fourth-order valence-corrected chi connectivity index (χ4v) is 3.03. The summed E-state index contributed by atoms with van der Waals surface area (Å²) in [6.45, 7) is 3.20. The molecule has 1 amide bonds. The van der Waals surface area contributed by atoms with Crippen LogP contribution in [0.2, 0.25) is 0 Å². The molecule has 0 saturated carbocycles. The largest absolute Gasteiger partial charge is 0.319 e. The fourth-order valence-electron chi connectivity index (χ4n) is 2.33. The summed E-state index contributed by atoms with van der Waals surface area (Å²) in [4.78, 5) is 16.6. The molecule has 0 fully saturated rings. The van der Waals surface area contributed by atoms with Gasteiger partial charge in [-0.25, -0.2) is 9.37 Å². The molecule has 104 valence electrons. The maximum absolute atomic E-state index is 14.4. The molecule has 1 aliphatic heterocycles. The number of carbonyl (C=O) groups excluding carboxylic acids is 1. The fraction of sp³-hybridized carbons (Fsp3) is 0.286. The molecular weight excluding hydrogens is 277 g/mol. The highest BCUT2D eigenvalue weighted by Gasteiger charge is 2.19. The normalized spacial score (nSPS) is 13.9. The summed E-state index contributed by atoms with van der Waals surface area (Å²) in [5.41, 5.74) is 4.17. The Balaban J connectivity index is 1.88. The molecule has 1 aliphatic rings. The van der Waals surface area contributed by atoms with Crippen LogP contribution in [0, 0.1) is 12.7 Å². The first kappa shape index (κ1) is 13.2. The van der Waals surface area contributed by atoms with Crippen LogP contribution in [0.15, 0.2) is 17.6 Å². The number of hydrogen-bond donors (Lipinski definition) is 2. The smallest absolute Gasteiger partial charge is 0.267 e. The van der Waals surface area contributed by atoms with Crippen LogP contribution in [0.5, 0.6) is 0 Å². The Bertz CT molecular complexity index is 668. The van der Waals surface area contributed by atoms with E-state index in [4.69, 9.17) is 0 Å². The van der Waals surface area contributed by atoms with E-state index in [0.717, 1.165) is 12.1 Å². The monoisotopic (exact) mass is 291 g/mol. The third kappa shape index (κ3) is 2.32. The Hall–Kier alpha value is -1.79. The first-order valence-electron chi connectivity index (χ1n) is 6.39. The summed E-state index contributed by atoms with van der Waals surface area (Å²) in [6, 6.07) is 3.48. The summed E-state index contributed by atoms with van der Waals surface area (Å²) < 4.78 is 14.4. The predicted molar refractivity (Wildman–Crippen MR) is 76.6 cm³/mol. The molecule has 0 aliphatic carbocycles. The van der Waals surface area contributed by atoms with Crippen molar-refractivity contribution in [3.63, 3.8) is 0 Å². The van der Waals surface area contributed by atoms with Crippen LogP contribution in [0.4, 0.5) is 10.1 Å². The van der Waals surface area contributed by atoms with E-state index in [1.807, 2.05) is 6.07 Å². The maximum Gasteiger partial charge on any atom is 0.267 e. The van der Waals surface area contributed by atoms with Crippen LogP contribution in [-0.4, -0.2) is 17.4 Å². The van der Waals surface area contributed by atoms with Crippen molar-refractivity contribution in [3.8, 4) is 0 Å². The lowest BCUT2D eigenvalue weighted by Gasteiger charge is -2.19. The number of nitrogens with zero attached hydrogens (tertiary/aromatic N) is 1. The van der Waals surface area contributed by atoms with E-state index in [1.165, 1.54) is 11.3 Å². The predicted octanol–water partition coefficient (Wildman–Crippen LogP) is 2.49. The maximum atomic E-state index is 14.4. The summed E-state index contributed by atoms with van der Waals surface area (Å²) in [5, 5.41) is 5.84. The van der Waals surface area contributed by atoms with E-state index in [2.05, 4.69) is 15.6 Å². The Morgan fingerprint density at radius 2 is 2.35 bits per heavy atom. The van der Waals surface area contributed by atoms with Crippen molar-refractivity contribution in [1.29, 1.82) is 0 Å². The van der Waals surface area contributed by atoms with E-state index >= 15 is 0 Å². The minimum Gasteiger partial charge on any atom is -0.319 e. The zero-order valence-corrected chi connectivity index (χ0v) is 11.8. The van der Waals surface area contributed by atoms with Gasteiger partial charge in [-0.15, -0.1) is 11.3 Å². The summed E-state index contributed by atoms with van der Waals surface area (Å²) in [6.07, 6.45) is 0.643. The highest BCUT2D eigenvalue weighted by atomic mass is 32.1. The highest BCUT2D eigenvalue weighted by molar-refractivity contribution is 7.12. The van der Waals surface area contributed by atoms with E-state index in [-0.39, 0.29) is 17.4 Å². The molecule has 1 aromatic carbocycles. The molecule has 2 heterocycles. The molecule has 20 heavy (non-hydrogen) atoms. The topological polar surface area (TPSA) is 54.0 Å². The molecule has 0 spiro atoms. The van der Waals surface area contributed by atoms with Crippen molar-refractivity contribution in [2.75, 3.05) is 11.9 Å². The van der Waals surface area contributed by atoms with E-state index in [1.54, 1.807) is 18.5 Å². The first-order valence-corrected chi connectivity index (χ1v) is 7.27. The summed E-state index contributed by atoms with van der Waals surface area (Å²) in [5.74, 6) is -0.627. The Morgan fingerprint density at radius 1 is 1.50 bits per heavy atom. The van der Waals surface area contributed by atoms with Gasteiger partial charge < -0.3 is 10.6 Å². The number of anilines is 1. The Morgan fingerprint density at radius 3 is 3.10 bits per heavy atom. The van der Waals surface area contributed by atoms with Gasteiger partial charge in [0.25, 0.3) is 5.91 Å². The molecule has 1 aromatic heterocycles.